The minimum atomic E-state index is 0.982. The molecule has 2 heterocycles. The Labute approximate surface area is 151 Å². The first kappa shape index (κ1) is 16.4. The van der Waals surface area contributed by atoms with Gasteiger partial charge in [-0.3, -0.25) is 0 Å². The van der Waals surface area contributed by atoms with Crippen LogP contribution >= 0.6 is 0 Å². The van der Waals surface area contributed by atoms with Gasteiger partial charge in [0.2, 0.25) is 0 Å². The number of hydrogen-bond acceptors (Lipinski definition) is 0. The van der Waals surface area contributed by atoms with E-state index < -0.39 is 0 Å². The first-order chi connectivity index (χ1) is 12.2. The van der Waals surface area contributed by atoms with E-state index >= 15 is 0 Å². The van der Waals surface area contributed by atoms with E-state index in [-0.39, 0.29) is 0 Å². The van der Waals surface area contributed by atoms with Crippen molar-refractivity contribution in [2.45, 2.75) is 39.3 Å². The first-order valence-corrected chi connectivity index (χ1v) is 9.67. The lowest BCUT2D eigenvalue weighted by atomic mass is 10.0. The maximum atomic E-state index is 2.57. The molecule has 1 aliphatic rings. The number of aromatic nitrogens is 1. The van der Waals surface area contributed by atoms with Crippen LogP contribution in [0.3, 0.4) is 0 Å². The fourth-order valence-electron chi connectivity index (χ4n) is 4.40. The summed E-state index contributed by atoms with van der Waals surface area (Å²) < 4.78 is 3.77. The van der Waals surface area contributed by atoms with Crippen molar-refractivity contribution >= 4 is 10.9 Å². The Morgan fingerprint density at radius 3 is 2.56 bits per heavy atom. The van der Waals surface area contributed by atoms with Gasteiger partial charge in [-0.1, -0.05) is 61.9 Å². The van der Waals surface area contributed by atoms with E-state index in [0.29, 0.717) is 0 Å². The zero-order chi connectivity index (χ0) is 17.3. The fraction of sp³-hybridized carbons (Fsp3) is 0.391. The number of unbranched alkanes of at least 4 members (excludes halogenated alkanes) is 1. The monoisotopic (exact) mass is 333 g/mol. The summed E-state index contributed by atoms with van der Waals surface area (Å²) in [6.45, 7) is 7.02. The highest BCUT2D eigenvalue weighted by Gasteiger charge is 2.32. The molecule has 0 aliphatic carbocycles. The molecule has 2 aromatic carbocycles. The van der Waals surface area contributed by atoms with E-state index in [1.165, 1.54) is 59.8 Å². The summed E-state index contributed by atoms with van der Waals surface area (Å²) in [5.41, 5.74) is 5.95. The van der Waals surface area contributed by atoms with Gasteiger partial charge in [0.1, 0.15) is 6.54 Å². The van der Waals surface area contributed by atoms with Crippen LogP contribution in [-0.2, 0) is 19.5 Å². The van der Waals surface area contributed by atoms with Crippen molar-refractivity contribution in [2.75, 3.05) is 20.1 Å². The van der Waals surface area contributed by atoms with Gasteiger partial charge in [0.25, 0.3) is 0 Å². The number of nitrogens with zero attached hydrogens (tertiary/aromatic N) is 2. The van der Waals surface area contributed by atoms with Crippen LogP contribution in [-0.4, -0.2) is 29.2 Å². The van der Waals surface area contributed by atoms with E-state index in [1.807, 2.05) is 0 Å². The lowest BCUT2D eigenvalue weighted by Gasteiger charge is -2.38. The number of hydrogen-bond donors (Lipinski definition) is 0. The molecule has 0 saturated heterocycles. The first-order valence-electron chi connectivity index (χ1n) is 9.67. The largest absolute Gasteiger partial charge is 0.339 e. The second-order valence-electron chi connectivity index (χ2n) is 7.84. The van der Waals surface area contributed by atoms with Gasteiger partial charge in [0.15, 0.2) is 0 Å². The summed E-state index contributed by atoms with van der Waals surface area (Å²) in [5, 5.41) is 1.47. The topological polar surface area (TPSA) is 4.93 Å². The summed E-state index contributed by atoms with van der Waals surface area (Å²) >= 11 is 0. The van der Waals surface area contributed by atoms with Crippen LogP contribution < -0.4 is 0 Å². The number of fused-ring (bicyclic) bond motifs is 3. The second kappa shape index (κ2) is 6.68. The van der Waals surface area contributed by atoms with E-state index in [9.17, 15) is 0 Å². The third-order valence-electron chi connectivity index (χ3n) is 5.86. The van der Waals surface area contributed by atoms with E-state index in [1.54, 1.807) is 11.3 Å². The molecule has 1 atom stereocenters. The van der Waals surface area contributed by atoms with Crippen LogP contribution in [0.1, 0.15) is 36.6 Å². The van der Waals surface area contributed by atoms with Gasteiger partial charge < -0.3 is 9.05 Å². The van der Waals surface area contributed by atoms with Crippen LogP contribution in [0.5, 0.6) is 0 Å². The number of para-hydroxylation sites is 1. The SMILES string of the molecule is CCCC[N+]1(C)CCc2c(c3ccccc3n2Cc2ccccc2)C1. The minimum Gasteiger partial charge on any atom is -0.339 e. The molecule has 0 N–H and O–H groups in total. The summed E-state index contributed by atoms with van der Waals surface area (Å²) in [4.78, 5) is 0. The Kier molecular flexibility index (Phi) is 4.39. The number of likely N-dealkylation sites (N-methyl/N-ethyl adjacent to an activating group) is 1. The Morgan fingerprint density at radius 2 is 1.76 bits per heavy atom. The highest BCUT2D eigenvalue weighted by atomic mass is 15.3. The average Bonchev–Trinajstić information content (AvgIpc) is 2.94. The Balaban J connectivity index is 1.76. The molecule has 2 nitrogen and oxygen atoms in total. The number of quaternary nitrogens is 1. The highest BCUT2D eigenvalue weighted by molar-refractivity contribution is 5.85. The summed E-state index contributed by atoms with van der Waals surface area (Å²) in [6, 6.07) is 19.9. The lowest BCUT2D eigenvalue weighted by molar-refractivity contribution is -0.924. The number of benzene rings is 2. The third kappa shape index (κ3) is 3.11. The van der Waals surface area contributed by atoms with Gasteiger partial charge in [0.05, 0.1) is 20.1 Å². The molecule has 1 unspecified atom stereocenters. The Bertz CT molecular complexity index is 862. The van der Waals surface area contributed by atoms with Crippen LogP contribution in [0.25, 0.3) is 10.9 Å². The molecule has 0 radical (unpaired) electrons. The predicted octanol–water partition coefficient (Wildman–Crippen LogP) is 4.99. The molecule has 130 valence electrons. The van der Waals surface area contributed by atoms with Crippen molar-refractivity contribution < 1.29 is 4.48 Å². The maximum Gasteiger partial charge on any atom is 0.107 e. The molecule has 0 bridgehead atoms. The maximum absolute atomic E-state index is 2.57. The van der Waals surface area contributed by atoms with E-state index in [4.69, 9.17) is 0 Å². The van der Waals surface area contributed by atoms with Crippen LogP contribution in [0.15, 0.2) is 54.6 Å². The van der Waals surface area contributed by atoms with E-state index in [2.05, 4.69) is 73.1 Å². The summed E-state index contributed by atoms with van der Waals surface area (Å²) in [6.07, 6.45) is 3.81. The zero-order valence-electron chi connectivity index (χ0n) is 15.5. The molecule has 0 amide bonds. The molecule has 0 saturated carbocycles. The van der Waals surface area contributed by atoms with Crippen molar-refractivity contribution in [1.29, 1.82) is 0 Å². The van der Waals surface area contributed by atoms with Gasteiger partial charge in [-0.15, -0.1) is 0 Å². The molecule has 4 rings (SSSR count). The Hall–Kier alpha value is -2.06. The van der Waals surface area contributed by atoms with Gasteiger partial charge in [-0.25, -0.2) is 0 Å². The van der Waals surface area contributed by atoms with Gasteiger partial charge in [-0.2, -0.15) is 0 Å². The van der Waals surface area contributed by atoms with Gasteiger partial charge in [-0.05, 0) is 18.1 Å². The molecule has 0 spiro atoms. The molecule has 3 aromatic rings. The summed E-state index contributed by atoms with van der Waals surface area (Å²) in [5.74, 6) is 0. The van der Waals surface area contributed by atoms with Crippen molar-refractivity contribution in [3.63, 3.8) is 0 Å². The molecular formula is C23H29N2+. The molecule has 1 aliphatic heterocycles. The van der Waals surface area contributed by atoms with Crippen LogP contribution in [0.4, 0.5) is 0 Å². The smallest absolute Gasteiger partial charge is 0.107 e. The van der Waals surface area contributed by atoms with Crippen molar-refractivity contribution in [3.8, 4) is 0 Å². The zero-order valence-corrected chi connectivity index (χ0v) is 15.5. The highest BCUT2D eigenvalue weighted by Crippen LogP contribution is 2.34. The third-order valence-corrected chi connectivity index (χ3v) is 5.86. The second-order valence-corrected chi connectivity index (χ2v) is 7.84. The molecule has 0 fully saturated rings. The molecule has 2 heteroatoms. The lowest BCUT2D eigenvalue weighted by Crippen LogP contribution is -2.48. The van der Waals surface area contributed by atoms with Crippen molar-refractivity contribution in [2.24, 2.45) is 0 Å². The molecular weight excluding hydrogens is 304 g/mol. The summed E-state index contributed by atoms with van der Waals surface area (Å²) in [7, 11) is 2.45. The average molecular weight is 333 g/mol. The van der Waals surface area contributed by atoms with Crippen molar-refractivity contribution in [3.05, 3.63) is 71.4 Å². The van der Waals surface area contributed by atoms with Crippen LogP contribution in [0.2, 0.25) is 0 Å². The predicted molar refractivity (Wildman–Crippen MR) is 106 cm³/mol. The molecule has 1 aromatic heterocycles. The number of rotatable bonds is 5. The fourth-order valence-corrected chi connectivity index (χ4v) is 4.40. The quantitative estimate of drug-likeness (QED) is 0.580. The van der Waals surface area contributed by atoms with Crippen molar-refractivity contribution in [1.82, 2.24) is 4.57 Å². The van der Waals surface area contributed by atoms with Gasteiger partial charge >= 0.3 is 0 Å². The van der Waals surface area contributed by atoms with Crippen LogP contribution in [0, 0.1) is 0 Å². The molecule has 25 heavy (non-hydrogen) atoms. The minimum absolute atomic E-state index is 0.982. The normalized spacial score (nSPS) is 19.9. The van der Waals surface area contributed by atoms with E-state index in [0.717, 1.165) is 6.54 Å². The van der Waals surface area contributed by atoms with Gasteiger partial charge in [0, 0.05) is 35.1 Å². The Morgan fingerprint density at radius 1 is 1.00 bits per heavy atom. The standard InChI is InChI=1S/C23H29N2/c1-3-4-15-25(2)16-14-23-21(18-25)20-12-8-9-13-22(20)24(23)17-19-10-6-5-7-11-19/h5-13H,3-4,14-18H2,1-2H3/q+1.